The lowest BCUT2D eigenvalue weighted by atomic mass is 9.96. The van der Waals surface area contributed by atoms with Gasteiger partial charge in [0.1, 0.15) is 73.2 Å². The molecule has 19 nitrogen and oxygen atoms in total. The van der Waals surface area contributed by atoms with E-state index in [1.807, 2.05) is 6.08 Å². The first-order valence-corrected chi connectivity index (χ1v) is 27.1. The molecule has 3 aliphatic rings. The minimum absolute atomic E-state index is 0.240. The third-order valence-electron chi connectivity index (χ3n) is 13.7. The molecule has 0 radical (unpaired) electrons. The minimum Gasteiger partial charge on any atom is -0.394 e. The number of carbonyl (C=O) groups is 1. The fraction of sp³-hybridized carbons (Fsp3) is 0.904. The van der Waals surface area contributed by atoms with Crippen LogP contribution in [0.3, 0.4) is 0 Å². The number of aliphatic hydroxyl groups is 11. The number of carbonyl (C=O) groups excluding carboxylic acids is 1. The van der Waals surface area contributed by atoms with E-state index in [4.69, 9.17) is 28.4 Å². The lowest BCUT2D eigenvalue weighted by Gasteiger charge is -2.48. The van der Waals surface area contributed by atoms with Crippen molar-refractivity contribution in [1.82, 2.24) is 5.32 Å². The zero-order chi connectivity index (χ0) is 52.0. The zero-order valence-corrected chi connectivity index (χ0v) is 42.7. The number of amides is 1. The summed E-state index contributed by atoms with van der Waals surface area (Å²) in [6, 6.07) is -0.967. The van der Waals surface area contributed by atoms with Gasteiger partial charge < -0.3 is 89.9 Å². The fourth-order valence-electron chi connectivity index (χ4n) is 9.18. The van der Waals surface area contributed by atoms with E-state index in [0.29, 0.717) is 6.42 Å². The van der Waals surface area contributed by atoms with E-state index < -0.39 is 124 Å². The summed E-state index contributed by atoms with van der Waals surface area (Å²) in [6.07, 6.45) is 8.22. The van der Waals surface area contributed by atoms with Crippen LogP contribution in [-0.4, -0.2) is 193 Å². The molecule has 0 aromatic rings. The topological polar surface area (TPSA) is 307 Å². The first kappa shape index (κ1) is 63.6. The van der Waals surface area contributed by atoms with Crippen molar-refractivity contribution in [2.45, 2.75) is 272 Å². The Morgan fingerprint density at radius 3 is 1.39 bits per heavy atom. The maximum atomic E-state index is 13.2. The van der Waals surface area contributed by atoms with Gasteiger partial charge in [0.25, 0.3) is 0 Å². The van der Waals surface area contributed by atoms with E-state index in [9.17, 15) is 61.0 Å². The van der Waals surface area contributed by atoms with Crippen molar-refractivity contribution in [2.24, 2.45) is 0 Å². The molecule has 0 spiro atoms. The minimum atomic E-state index is -1.97. The Labute approximate surface area is 422 Å². The third-order valence-corrected chi connectivity index (χ3v) is 13.7. The van der Waals surface area contributed by atoms with Gasteiger partial charge in [-0.25, -0.2) is 0 Å². The molecule has 3 heterocycles. The molecule has 3 saturated heterocycles. The van der Waals surface area contributed by atoms with E-state index in [-0.39, 0.29) is 18.9 Å². The number of hydrogen-bond donors (Lipinski definition) is 12. The summed E-state index contributed by atoms with van der Waals surface area (Å²) in [4.78, 5) is 13.2. The average Bonchev–Trinajstić information content (AvgIpc) is 3.36. The van der Waals surface area contributed by atoms with Gasteiger partial charge in [-0.3, -0.25) is 4.79 Å². The van der Waals surface area contributed by atoms with Gasteiger partial charge in [0.05, 0.1) is 38.6 Å². The predicted molar refractivity (Wildman–Crippen MR) is 263 cm³/mol. The summed E-state index contributed by atoms with van der Waals surface area (Å²) in [5, 5.41) is 119. The van der Waals surface area contributed by atoms with Gasteiger partial charge in [0.15, 0.2) is 18.9 Å². The number of rotatable bonds is 38. The number of allylic oxidation sites excluding steroid dienone is 3. The SMILES string of the molecule is CCCCC/C=C/C(O)C(COC1OC(CO)C(OC2OC(CO)C(OC3OC(CO)C(O)C(O)C3O)C(O)C2O)C(O)C1O)NC(=O)CCCCCCCCCCC/C=C\CCCCCCCCCC. The van der Waals surface area contributed by atoms with E-state index >= 15 is 0 Å². The lowest BCUT2D eigenvalue weighted by molar-refractivity contribution is -0.379. The molecule has 17 unspecified atom stereocenters. The van der Waals surface area contributed by atoms with E-state index in [1.165, 1.54) is 89.9 Å². The van der Waals surface area contributed by atoms with E-state index in [0.717, 1.165) is 51.4 Å². The van der Waals surface area contributed by atoms with E-state index in [2.05, 4.69) is 31.3 Å². The van der Waals surface area contributed by atoms with Crippen LogP contribution in [0, 0.1) is 0 Å². The number of aliphatic hydroxyl groups excluding tert-OH is 11. The van der Waals surface area contributed by atoms with Crippen LogP contribution in [0.5, 0.6) is 0 Å². The molecular formula is C52H95NO18. The second-order valence-corrected chi connectivity index (χ2v) is 19.7. The summed E-state index contributed by atoms with van der Waals surface area (Å²) >= 11 is 0. The molecule has 0 bridgehead atoms. The van der Waals surface area contributed by atoms with Crippen LogP contribution in [0.15, 0.2) is 24.3 Å². The van der Waals surface area contributed by atoms with Gasteiger partial charge in [-0.15, -0.1) is 0 Å². The van der Waals surface area contributed by atoms with Gasteiger partial charge in [0.2, 0.25) is 5.91 Å². The van der Waals surface area contributed by atoms with Crippen molar-refractivity contribution in [3.63, 3.8) is 0 Å². The Morgan fingerprint density at radius 2 is 0.887 bits per heavy atom. The molecule has 0 aliphatic carbocycles. The van der Waals surface area contributed by atoms with Crippen LogP contribution in [0.4, 0.5) is 0 Å². The van der Waals surface area contributed by atoms with Crippen molar-refractivity contribution in [3.05, 3.63) is 24.3 Å². The van der Waals surface area contributed by atoms with Crippen LogP contribution >= 0.6 is 0 Å². The monoisotopic (exact) mass is 1020 g/mol. The maximum absolute atomic E-state index is 13.2. The quantitative estimate of drug-likeness (QED) is 0.0313. The Bertz CT molecular complexity index is 1410. The highest BCUT2D eigenvalue weighted by Gasteiger charge is 2.53. The van der Waals surface area contributed by atoms with Gasteiger partial charge in [-0.05, 0) is 44.9 Å². The van der Waals surface area contributed by atoms with Crippen LogP contribution in [0.25, 0.3) is 0 Å². The fourth-order valence-corrected chi connectivity index (χ4v) is 9.18. The number of ether oxygens (including phenoxy) is 6. The molecule has 416 valence electrons. The largest absolute Gasteiger partial charge is 0.394 e. The Balaban J connectivity index is 1.43. The number of hydrogen-bond acceptors (Lipinski definition) is 18. The van der Waals surface area contributed by atoms with Crippen molar-refractivity contribution in [2.75, 3.05) is 26.4 Å². The van der Waals surface area contributed by atoms with Crippen LogP contribution in [0.1, 0.15) is 168 Å². The standard InChI is InChI=1S/C52H95NO18/c1-3-5-7-9-10-11-12-13-14-15-16-17-18-19-20-21-22-23-24-26-28-30-40(58)53-35(36(57)29-27-25-8-6-4-2)34-66-50-46(64)43(61)48(38(32-55)68-50)71-52-47(65)44(62)49(39(33-56)69-52)70-51-45(63)42(60)41(59)37(31-54)67-51/h15-16,27,29,35-39,41-52,54-57,59-65H,3-14,17-26,28,30-34H2,1-2H3,(H,53,58)/b16-15-,29-27+. The lowest BCUT2D eigenvalue weighted by Crippen LogP contribution is -2.66. The summed E-state index contributed by atoms with van der Waals surface area (Å²) < 4.78 is 34.0. The first-order valence-electron chi connectivity index (χ1n) is 27.1. The number of nitrogens with one attached hydrogen (secondary N) is 1. The molecule has 12 N–H and O–H groups in total. The molecule has 17 atom stereocenters. The highest BCUT2D eigenvalue weighted by Crippen LogP contribution is 2.33. The molecular weight excluding hydrogens is 927 g/mol. The Hall–Kier alpha value is -1.73. The molecule has 71 heavy (non-hydrogen) atoms. The van der Waals surface area contributed by atoms with Gasteiger partial charge in [-0.2, -0.15) is 0 Å². The second-order valence-electron chi connectivity index (χ2n) is 19.7. The van der Waals surface area contributed by atoms with Crippen molar-refractivity contribution in [1.29, 1.82) is 0 Å². The van der Waals surface area contributed by atoms with Gasteiger partial charge in [0, 0.05) is 6.42 Å². The Kier molecular flexibility index (Phi) is 33.2. The summed E-state index contributed by atoms with van der Waals surface area (Å²) in [5.74, 6) is -0.286. The smallest absolute Gasteiger partial charge is 0.220 e. The zero-order valence-electron chi connectivity index (χ0n) is 42.7. The third kappa shape index (κ3) is 22.6. The van der Waals surface area contributed by atoms with Crippen molar-refractivity contribution >= 4 is 5.91 Å². The highest BCUT2D eigenvalue weighted by molar-refractivity contribution is 5.76. The van der Waals surface area contributed by atoms with Crippen LogP contribution < -0.4 is 5.32 Å². The molecule has 3 rings (SSSR count). The number of unbranched alkanes of at least 4 members (excludes halogenated alkanes) is 20. The second kappa shape index (κ2) is 37.1. The molecule has 1 amide bonds. The van der Waals surface area contributed by atoms with Crippen molar-refractivity contribution < 1.29 is 89.4 Å². The van der Waals surface area contributed by atoms with Crippen LogP contribution in [0.2, 0.25) is 0 Å². The average molecular weight is 1020 g/mol. The predicted octanol–water partition coefficient (Wildman–Crippen LogP) is 2.81. The first-order chi connectivity index (χ1) is 34.3. The summed E-state index contributed by atoms with van der Waals surface area (Å²) in [7, 11) is 0. The van der Waals surface area contributed by atoms with Crippen molar-refractivity contribution in [3.8, 4) is 0 Å². The molecule has 0 aromatic heterocycles. The normalized spacial score (nSPS) is 32.4. The van der Waals surface area contributed by atoms with Gasteiger partial charge in [-0.1, -0.05) is 141 Å². The van der Waals surface area contributed by atoms with Crippen LogP contribution in [-0.2, 0) is 33.2 Å². The summed E-state index contributed by atoms with van der Waals surface area (Å²) in [5.41, 5.74) is 0. The molecule has 0 saturated carbocycles. The molecule has 19 heteroatoms. The molecule has 3 fully saturated rings. The Morgan fingerprint density at radius 1 is 0.493 bits per heavy atom. The molecule has 3 aliphatic heterocycles. The highest BCUT2D eigenvalue weighted by atomic mass is 16.8. The van der Waals surface area contributed by atoms with Gasteiger partial charge >= 0.3 is 0 Å². The molecule has 0 aromatic carbocycles. The maximum Gasteiger partial charge on any atom is 0.220 e. The summed E-state index contributed by atoms with van der Waals surface area (Å²) in [6.45, 7) is 1.57. The van der Waals surface area contributed by atoms with E-state index in [1.54, 1.807) is 6.08 Å².